The normalized spacial score (nSPS) is 16.1. The first kappa shape index (κ1) is 13.9. The van der Waals surface area contributed by atoms with Crippen molar-refractivity contribution in [2.75, 3.05) is 5.32 Å². The molecular formula is C12H12Cl2N4OS. The van der Waals surface area contributed by atoms with Gasteiger partial charge in [0.2, 0.25) is 5.91 Å². The number of fused-ring (bicyclic) bond motifs is 1. The molecule has 2 aromatic rings. The fourth-order valence-corrected chi connectivity index (χ4v) is 3.01. The Morgan fingerprint density at radius 3 is 2.75 bits per heavy atom. The first-order valence-electron chi connectivity index (χ1n) is 6.23. The zero-order valence-electron chi connectivity index (χ0n) is 10.6. The van der Waals surface area contributed by atoms with E-state index in [-0.39, 0.29) is 5.91 Å². The van der Waals surface area contributed by atoms with Crippen molar-refractivity contribution in [1.82, 2.24) is 14.1 Å². The van der Waals surface area contributed by atoms with E-state index in [1.54, 1.807) is 13.0 Å². The minimum atomic E-state index is -0.404. The summed E-state index contributed by atoms with van der Waals surface area (Å²) in [5, 5.41) is 6.93. The molecule has 0 bridgehead atoms. The number of rotatable bonds is 4. The van der Waals surface area contributed by atoms with Gasteiger partial charge in [-0.3, -0.25) is 4.79 Å². The number of nitrogens with zero attached hydrogens (tertiary/aromatic N) is 2. The summed E-state index contributed by atoms with van der Waals surface area (Å²) in [6.45, 7) is 1.79. The molecule has 1 aromatic heterocycles. The molecule has 3 rings (SSSR count). The Balaban J connectivity index is 1.86. The summed E-state index contributed by atoms with van der Waals surface area (Å²) in [6, 6.07) is 1.54. The third-order valence-electron chi connectivity index (χ3n) is 3.12. The number of hydrogen-bond acceptors (Lipinski definition) is 5. The molecule has 1 heterocycles. The van der Waals surface area contributed by atoms with Gasteiger partial charge in [-0.05, 0) is 25.8 Å². The third-order valence-corrected chi connectivity index (χ3v) is 4.24. The Kier molecular flexibility index (Phi) is 3.70. The van der Waals surface area contributed by atoms with Gasteiger partial charge in [0.05, 0.1) is 27.5 Å². The molecule has 0 saturated heterocycles. The van der Waals surface area contributed by atoms with Crippen LogP contribution in [0.15, 0.2) is 6.07 Å². The molecule has 1 aromatic carbocycles. The van der Waals surface area contributed by atoms with Crippen LogP contribution in [-0.2, 0) is 4.79 Å². The van der Waals surface area contributed by atoms with Crippen molar-refractivity contribution in [3.63, 3.8) is 0 Å². The van der Waals surface area contributed by atoms with Gasteiger partial charge in [-0.15, -0.1) is 0 Å². The fraction of sp³-hybridized carbons (Fsp3) is 0.417. The predicted molar refractivity (Wildman–Crippen MR) is 81.7 cm³/mol. The molecule has 1 aliphatic rings. The Morgan fingerprint density at radius 2 is 2.05 bits per heavy atom. The molecular weight excluding hydrogens is 319 g/mol. The lowest BCUT2D eigenvalue weighted by atomic mass is 10.2. The van der Waals surface area contributed by atoms with Crippen molar-refractivity contribution >= 4 is 57.6 Å². The second-order valence-corrected chi connectivity index (χ2v) is 6.17. The summed E-state index contributed by atoms with van der Waals surface area (Å²) >= 11 is 13.3. The minimum absolute atomic E-state index is 0.0464. The number of anilines is 1. The summed E-state index contributed by atoms with van der Waals surface area (Å²) in [5.41, 5.74) is 1.79. The molecule has 1 saturated carbocycles. The zero-order valence-corrected chi connectivity index (χ0v) is 12.9. The second kappa shape index (κ2) is 5.35. The van der Waals surface area contributed by atoms with E-state index in [1.807, 2.05) is 0 Å². The van der Waals surface area contributed by atoms with E-state index in [4.69, 9.17) is 23.2 Å². The Hall–Kier alpha value is -1.11. The minimum Gasteiger partial charge on any atom is -0.371 e. The highest BCUT2D eigenvalue weighted by molar-refractivity contribution is 7.00. The molecule has 1 amide bonds. The van der Waals surface area contributed by atoms with Crippen molar-refractivity contribution < 1.29 is 4.79 Å². The summed E-state index contributed by atoms with van der Waals surface area (Å²) in [6.07, 6.45) is 2.11. The van der Waals surface area contributed by atoms with Crippen molar-refractivity contribution in [3.05, 3.63) is 16.1 Å². The molecule has 5 nitrogen and oxygen atoms in total. The van der Waals surface area contributed by atoms with Crippen LogP contribution in [0.5, 0.6) is 0 Å². The fourth-order valence-electron chi connectivity index (χ4n) is 1.85. The molecule has 20 heavy (non-hydrogen) atoms. The van der Waals surface area contributed by atoms with Crippen molar-refractivity contribution in [2.24, 2.45) is 0 Å². The molecule has 0 aliphatic heterocycles. The molecule has 0 radical (unpaired) electrons. The van der Waals surface area contributed by atoms with Gasteiger partial charge >= 0.3 is 0 Å². The summed E-state index contributed by atoms with van der Waals surface area (Å²) in [5.74, 6) is -0.0464. The average Bonchev–Trinajstić information content (AvgIpc) is 3.06. The molecule has 1 atom stereocenters. The zero-order chi connectivity index (χ0) is 14.3. The maximum atomic E-state index is 12.0. The third kappa shape index (κ3) is 2.68. The van der Waals surface area contributed by atoms with Crippen LogP contribution >= 0.6 is 34.9 Å². The van der Waals surface area contributed by atoms with Crippen LogP contribution in [0.3, 0.4) is 0 Å². The van der Waals surface area contributed by atoms with Gasteiger partial charge in [-0.1, -0.05) is 23.2 Å². The first-order chi connectivity index (χ1) is 9.56. The Morgan fingerprint density at radius 1 is 1.35 bits per heavy atom. The smallest absolute Gasteiger partial charge is 0.242 e. The molecule has 1 unspecified atom stereocenters. The van der Waals surface area contributed by atoms with Crippen molar-refractivity contribution in [2.45, 2.75) is 31.8 Å². The second-order valence-electron chi connectivity index (χ2n) is 4.83. The van der Waals surface area contributed by atoms with E-state index in [9.17, 15) is 4.79 Å². The van der Waals surface area contributed by atoms with E-state index >= 15 is 0 Å². The van der Waals surface area contributed by atoms with Gasteiger partial charge in [-0.25, -0.2) is 0 Å². The molecule has 2 N–H and O–H groups in total. The maximum Gasteiger partial charge on any atom is 0.242 e. The van der Waals surface area contributed by atoms with Gasteiger partial charge in [0, 0.05) is 6.04 Å². The SMILES string of the molecule is CC(Nc1c(Cl)cc(Cl)c2nsnc12)C(=O)NC1CC1. The highest BCUT2D eigenvalue weighted by Crippen LogP contribution is 2.35. The number of benzene rings is 1. The average molecular weight is 331 g/mol. The highest BCUT2D eigenvalue weighted by atomic mass is 35.5. The molecule has 1 aliphatic carbocycles. The topological polar surface area (TPSA) is 66.9 Å². The number of aromatic nitrogens is 2. The van der Waals surface area contributed by atoms with Crippen molar-refractivity contribution in [3.8, 4) is 0 Å². The maximum absolute atomic E-state index is 12.0. The van der Waals surface area contributed by atoms with Crippen LogP contribution in [-0.4, -0.2) is 26.7 Å². The van der Waals surface area contributed by atoms with Crippen LogP contribution in [0.4, 0.5) is 5.69 Å². The summed E-state index contributed by atoms with van der Waals surface area (Å²) < 4.78 is 8.32. The van der Waals surface area contributed by atoms with Gasteiger partial charge in [0.1, 0.15) is 17.1 Å². The molecule has 8 heteroatoms. The van der Waals surface area contributed by atoms with Gasteiger partial charge in [-0.2, -0.15) is 8.75 Å². The van der Waals surface area contributed by atoms with Gasteiger partial charge in [0.15, 0.2) is 0 Å². The van der Waals surface area contributed by atoms with Gasteiger partial charge < -0.3 is 10.6 Å². The lowest BCUT2D eigenvalue weighted by Gasteiger charge is -2.16. The highest BCUT2D eigenvalue weighted by Gasteiger charge is 2.26. The molecule has 1 fully saturated rings. The number of carbonyl (C=O) groups excluding carboxylic acids is 1. The molecule has 106 valence electrons. The van der Waals surface area contributed by atoms with Crippen LogP contribution in [0.1, 0.15) is 19.8 Å². The lowest BCUT2D eigenvalue weighted by molar-refractivity contribution is -0.121. The standard InChI is InChI=1S/C12H12Cl2N4OS/c1-5(12(19)16-6-2-3-6)15-9-7(13)4-8(14)10-11(9)18-20-17-10/h4-6,15H,2-3H2,1H3,(H,16,19). The van der Waals surface area contributed by atoms with E-state index in [2.05, 4.69) is 19.4 Å². The number of amides is 1. The number of nitrogens with one attached hydrogen (secondary N) is 2. The number of carbonyl (C=O) groups is 1. The Labute approximate surface area is 130 Å². The van der Waals surface area contributed by atoms with Crippen LogP contribution in [0, 0.1) is 0 Å². The molecule has 0 spiro atoms. The number of halogens is 2. The predicted octanol–water partition coefficient (Wildman–Crippen LogP) is 3.08. The first-order valence-corrected chi connectivity index (χ1v) is 7.72. The van der Waals surface area contributed by atoms with Crippen LogP contribution < -0.4 is 10.6 Å². The number of hydrogen-bond donors (Lipinski definition) is 2. The van der Waals surface area contributed by atoms with E-state index in [1.165, 1.54) is 0 Å². The van der Waals surface area contributed by atoms with Crippen molar-refractivity contribution in [1.29, 1.82) is 0 Å². The lowest BCUT2D eigenvalue weighted by Crippen LogP contribution is -2.38. The van der Waals surface area contributed by atoms with E-state index in [0.29, 0.717) is 32.8 Å². The summed E-state index contributed by atoms with van der Waals surface area (Å²) in [4.78, 5) is 12.0. The monoisotopic (exact) mass is 330 g/mol. The quantitative estimate of drug-likeness (QED) is 0.904. The summed E-state index contributed by atoms with van der Waals surface area (Å²) in [7, 11) is 0. The Bertz CT molecular complexity index is 671. The largest absolute Gasteiger partial charge is 0.371 e. The van der Waals surface area contributed by atoms with Crippen LogP contribution in [0.25, 0.3) is 11.0 Å². The van der Waals surface area contributed by atoms with Gasteiger partial charge in [0.25, 0.3) is 0 Å². The van der Waals surface area contributed by atoms with E-state index in [0.717, 1.165) is 24.6 Å². The van der Waals surface area contributed by atoms with Crippen LogP contribution in [0.2, 0.25) is 10.0 Å². The van der Waals surface area contributed by atoms with E-state index < -0.39 is 6.04 Å².